The second-order valence-electron chi connectivity index (χ2n) is 4.49. The molecule has 2 aromatic rings. The summed E-state index contributed by atoms with van der Waals surface area (Å²) in [5.74, 6) is 0.116. The Kier molecular flexibility index (Phi) is 5.99. The van der Waals surface area contributed by atoms with Crippen LogP contribution in [0.15, 0.2) is 47.0 Å². The molecule has 0 spiro atoms. The number of benzene rings is 1. The Hall–Kier alpha value is -2.54. The SMILES string of the molecule is C=CCOc1ccc(/C=C(\Sc2n[nH]c(CC)n2)C(=O)[O-])cc1. The molecule has 1 aromatic carbocycles. The van der Waals surface area contributed by atoms with Gasteiger partial charge in [-0.1, -0.05) is 31.7 Å². The number of aromatic nitrogens is 3. The third-order valence-electron chi connectivity index (χ3n) is 2.79. The first kappa shape index (κ1) is 16.8. The zero-order valence-electron chi connectivity index (χ0n) is 12.6. The van der Waals surface area contributed by atoms with Crippen molar-refractivity contribution in [2.24, 2.45) is 0 Å². The topological polar surface area (TPSA) is 90.9 Å². The highest BCUT2D eigenvalue weighted by molar-refractivity contribution is 8.04. The van der Waals surface area contributed by atoms with Gasteiger partial charge >= 0.3 is 0 Å². The number of rotatable bonds is 8. The van der Waals surface area contributed by atoms with Gasteiger partial charge in [0, 0.05) is 11.3 Å². The molecule has 6 nitrogen and oxygen atoms in total. The molecule has 0 saturated carbocycles. The molecule has 1 aromatic heterocycles. The minimum Gasteiger partial charge on any atom is -0.544 e. The van der Waals surface area contributed by atoms with Gasteiger partial charge in [-0.15, -0.1) is 5.10 Å². The van der Waals surface area contributed by atoms with Crippen LogP contribution in [0, 0.1) is 0 Å². The van der Waals surface area contributed by atoms with Crippen LogP contribution in [0.3, 0.4) is 0 Å². The highest BCUT2D eigenvalue weighted by atomic mass is 32.2. The van der Waals surface area contributed by atoms with E-state index < -0.39 is 5.97 Å². The number of thioether (sulfide) groups is 1. The molecule has 0 aliphatic heterocycles. The Morgan fingerprint density at radius 3 is 2.74 bits per heavy atom. The van der Waals surface area contributed by atoms with Gasteiger partial charge in [0.2, 0.25) is 5.16 Å². The summed E-state index contributed by atoms with van der Waals surface area (Å²) in [6.07, 6.45) is 3.86. The Morgan fingerprint density at radius 2 is 2.17 bits per heavy atom. The van der Waals surface area contributed by atoms with Crippen LogP contribution < -0.4 is 9.84 Å². The highest BCUT2D eigenvalue weighted by Crippen LogP contribution is 2.25. The van der Waals surface area contributed by atoms with Crippen molar-refractivity contribution in [1.29, 1.82) is 0 Å². The number of carboxylic acid groups (broad SMARTS) is 1. The fourth-order valence-corrected chi connectivity index (χ4v) is 2.40. The van der Waals surface area contributed by atoms with Crippen molar-refractivity contribution < 1.29 is 14.6 Å². The van der Waals surface area contributed by atoms with E-state index in [4.69, 9.17) is 4.74 Å². The number of nitrogens with zero attached hydrogens (tertiary/aromatic N) is 2. The number of aliphatic carboxylic acids is 1. The Labute approximate surface area is 138 Å². The minimum atomic E-state index is -1.27. The maximum Gasteiger partial charge on any atom is 0.213 e. The Balaban J connectivity index is 2.14. The molecule has 0 saturated heterocycles. The van der Waals surface area contributed by atoms with Crippen LogP contribution in [0.5, 0.6) is 5.75 Å². The number of hydrogen-bond donors (Lipinski definition) is 1. The largest absolute Gasteiger partial charge is 0.544 e. The summed E-state index contributed by atoms with van der Waals surface area (Å²) in [4.78, 5) is 15.5. The molecule has 0 radical (unpaired) electrons. The molecule has 0 aliphatic rings. The second-order valence-corrected chi connectivity index (χ2v) is 5.49. The third kappa shape index (κ3) is 5.00. The van der Waals surface area contributed by atoms with Crippen molar-refractivity contribution in [3.05, 3.63) is 53.2 Å². The maximum atomic E-state index is 11.3. The fourth-order valence-electron chi connectivity index (χ4n) is 1.68. The summed E-state index contributed by atoms with van der Waals surface area (Å²) in [6.45, 7) is 5.92. The minimum absolute atomic E-state index is 0.0337. The van der Waals surface area contributed by atoms with Crippen molar-refractivity contribution in [2.75, 3.05) is 6.61 Å². The average Bonchev–Trinajstić information content (AvgIpc) is 3.01. The molecule has 0 atom stereocenters. The van der Waals surface area contributed by atoms with E-state index in [0.717, 1.165) is 11.8 Å². The van der Waals surface area contributed by atoms with Gasteiger partial charge < -0.3 is 14.6 Å². The summed E-state index contributed by atoms with van der Waals surface area (Å²) in [5, 5.41) is 18.3. The molecule has 2 rings (SSSR count). The summed E-state index contributed by atoms with van der Waals surface area (Å²) in [7, 11) is 0. The molecular formula is C16H16N3O3S-. The molecular weight excluding hydrogens is 314 g/mol. The lowest BCUT2D eigenvalue weighted by Crippen LogP contribution is -2.23. The molecule has 120 valence electrons. The predicted octanol–water partition coefficient (Wildman–Crippen LogP) is 1.81. The van der Waals surface area contributed by atoms with Crippen molar-refractivity contribution in [3.8, 4) is 5.75 Å². The van der Waals surface area contributed by atoms with Crippen molar-refractivity contribution >= 4 is 23.8 Å². The normalized spacial score (nSPS) is 11.3. The Bertz CT molecular complexity index is 708. The van der Waals surface area contributed by atoms with E-state index in [-0.39, 0.29) is 4.91 Å². The van der Waals surface area contributed by atoms with E-state index in [9.17, 15) is 9.90 Å². The summed E-state index contributed by atoms with van der Waals surface area (Å²) in [6, 6.07) is 7.04. The predicted molar refractivity (Wildman–Crippen MR) is 86.7 cm³/mol. The molecule has 1 heterocycles. The van der Waals surface area contributed by atoms with Crippen LogP contribution in [0.2, 0.25) is 0 Å². The monoisotopic (exact) mass is 330 g/mol. The number of aryl methyl sites for hydroxylation is 1. The number of hydrogen-bond acceptors (Lipinski definition) is 6. The number of carbonyl (C=O) groups is 1. The van der Waals surface area contributed by atoms with Gasteiger partial charge in [-0.2, -0.15) is 0 Å². The molecule has 0 fully saturated rings. The molecule has 23 heavy (non-hydrogen) atoms. The zero-order valence-corrected chi connectivity index (χ0v) is 13.4. The summed E-state index contributed by atoms with van der Waals surface area (Å²) >= 11 is 0.947. The number of aromatic amines is 1. The Morgan fingerprint density at radius 1 is 1.43 bits per heavy atom. The summed E-state index contributed by atoms with van der Waals surface area (Å²) in [5.41, 5.74) is 0.717. The summed E-state index contributed by atoms with van der Waals surface area (Å²) < 4.78 is 5.38. The second kappa shape index (κ2) is 8.19. The van der Waals surface area contributed by atoms with E-state index in [2.05, 4.69) is 21.8 Å². The molecule has 7 heteroatoms. The van der Waals surface area contributed by atoms with Gasteiger partial charge in [0.25, 0.3) is 0 Å². The van der Waals surface area contributed by atoms with E-state index >= 15 is 0 Å². The maximum absolute atomic E-state index is 11.3. The lowest BCUT2D eigenvalue weighted by atomic mass is 10.2. The third-order valence-corrected chi connectivity index (χ3v) is 3.66. The first-order valence-electron chi connectivity index (χ1n) is 6.98. The van der Waals surface area contributed by atoms with Crippen molar-refractivity contribution in [2.45, 2.75) is 18.5 Å². The number of carbonyl (C=O) groups excluding carboxylic acids is 1. The fraction of sp³-hybridized carbons (Fsp3) is 0.188. The van der Waals surface area contributed by atoms with Crippen LogP contribution in [0.25, 0.3) is 6.08 Å². The average molecular weight is 330 g/mol. The van der Waals surface area contributed by atoms with E-state index in [1.807, 2.05) is 6.92 Å². The van der Waals surface area contributed by atoms with Crippen LogP contribution >= 0.6 is 11.8 Å². The van der Waals surface area contributed by atoms with Gasteiger partial charge in [0.05, 0.1) is 5.97 Å². The number of nitrogens with one attached hydrogen (secondary N) is 1. The molecule has 0 bridgehead atoms. The molecule has 0 aliphatic carbocycles. The van der Waals surface area contributed by atoms with E-state index in [0.29, 0.717) is 35.3 Å². The van der Waals surface area contributed by atoms with Crippen molar-refractivity contribution in [3.63, 3.8) is 0 Å². The van der Waals surface area contributed by atoms with Crippen LogP contribution in [-0.4, -0.2) is 27.8 Å². The van der Waals surface area contributed by atoms with E-state index in [1.54, 1.807) is 30.3 Å². The molecule has 1 N–H and O–H groups in total. The van der Waals surface area contributed by atoms with Gasteiger partial charge in [-0.05, 0) is 35.5 Å². The smallest absolute Gasteiger partial charge is 0.213 e. The van der Waals surface area contributed by atoms with E-state index in [1.165, 1.54) is 6.08 Å². The first-order chi connectivity index (χ1) is 11.1. The van der Waals surface area contributed by atoms with Crippen LogP contribution in [-0.2, 0) is 11.2 Å². The standard InChI is InChI=1S/C16H17N3O3S/c1-3-9-22-12-7-5-11(6-8-12)10-13(15(20)21)23-16-17-14(4-2)18-19-16/h3,5-8,10H,1,4,9H2,2H3,(H,20,21)(H,17,18,19)/p-1/b13-10-. The molecule has 0 unspecified atom stereocenters. The first-order valence-corrected chi connectivity index (χ1v) is 7.80. The van der Waals surface area contributed by atoms with Crippen LogP contribution in [0.4, 0.5) is 0 Å². The highest BCUT2D eigenvalue weighted by Gasteiger charge is 2.08. The van der Waals surface area contributed by atoms with Crippen molar-refractivity contribution in [1.82, 2.24) is 15.2 Å². The molecule has 0 amide bonds. The number of ether oxygens (including phenoxy) is 1. The quantitative estimate of drug-likeness (QED) is 0.451. The number of carboxylic acids is 1. The van der Waals surface area contributed by atoms with Crippen LogP contribution in [0.1, 0.15) is 18.3 Å². The van der Waals surface area contributed by atoms with Gasteiger partial charge in [-0.25, -0.2) is 4.98 Å². The lowest BCUT2D eigenvalue weighted by Gasteiger charge is -2.07. The number of H-pyrrole nitrogens is 1. The van der Waals surface area contributed by atoms with Gasteiger partial charge in [0.1, 0.15) is 18.2 Å². The van der Waals surface area contributed by atoms with Gasteiger partial charge in [0.15, 0.2) is 0 Å². The van der Waals surface area contributed by atoms with Gasteiger partial charge in [-0.3, -0.25) is 5.10 Å². The lowest BCUT2D eigenvalue weighted by molar-refractivity contribution is -0.297. The zero-order chi connectivity index (χ0) is 16.7.